The molecule has 0 bridgehead atoms. The standard InChI is InChI=1S/C24H33N3O5/c1-29-21-14-17(8-9-20(21)32-18-6-4-5-7-18)16-27-12-10-24(28,11-13-27)19-15-25-23(31-3)26-22(19)30-2/h8-9,14-15,18,28H,4-7,10-13,16H2,1-3H3. The largest absolute Gasteiger partial charge is 0.493 e. The lowest BCUT2D eigenvalue weighted by molar-refractivity contribution is -0.0300. The maximum Gasteiger partial charge on any atom is 0.319 e. The number of likely N-dealkylation sites (tertiary alicyclic amines) is 1. The zero-order valence-electron chi connectivity index (χ0n) is 19.2. The number of methoxy groups -OCH3 is 3. The molecule has 1 aliphatic carbocycles. The lowest BCUT2D eigenvalue weighted by atomic mass is 9.85. The van der Waals surface area contributed by atoms with Gasteiger partial charge in [-0.15, -0.1) is 0 Å². The van der Waals surface area contributed by atoms with E-state index in [0.29, 0.717) is 30.4 Å². The van der Waals surface area contributed by atoms with Gasteiger partial charge in [-0.2, -0.15) is 4.98 Å². The maximum absolute atomic E-state index is 11.3. The first kappa shape index (κ1) is 22.6. The van der Waals surface area contributed by atoms with E-state index in [9.17, 15) is 5.11 Å². The van der Waals surface area contributed by atoms with Gasteiger partial charge in [0.25, 0.3) is 0 Å². The van der Waals surface area contributed by atoms with Gasteiger partial charge in [0.05, 0.1) is 38.6 Å². The lowest BCUT2D eigenvalue weighted by Gasteiger charge is -2.38. The van der Waals surface area contributed by atoms with Crippen LogP contribution in [0, 0.1) is 0 Å². The number of ether oxygens (including phenoxy) is 4. The molecule has 0 unspecified atom stereocenters. The number of hydrogen-bond donors (Lipinski definition) is 1. The fourth-order valence-electron chi connectivity index (χ4n) is 4.63. The number of aliphatic hydroxyl groups is 1. The molecule has 0 amide bonds. The van der Waals surface area contributed by atoms with Gasteiger partial charge >= 0.3 is 6.01 Å². The van der Waals surface area contributed by atoms with Gasteiger partial charge in [0.2, 0.25) is 5.88 Å². The molecule has 32 heavy (non-hydrogen) atoms. The Balaban J connectivity index is 1.39. The molecule has 0 atom stereocenters. The summed E-state index contributed by atoms with van der Waals surface area (Å²) in [5.74, 6) is 1.96. The Morgan fingerprint density at radius 3 is 2.44 bits per heavy atom. The van der Waals surface area contributed by atoms with Crippen molar-refractivity contribution in [1.82, 2.24) is 14.9 Å². The Kier molecular flexibility index (Phi) is 7.01. The number of nitrogens with zero attached hydrogens (tertiary/aromatic N) is 3. The van der Waals surface area contributed by atoms with Crippen molar-refractivity contribution in [3.63, 3.8) is 0 Å². The number of rotatable bonds is 8. The van der Waals surface area contributed by atoms with Crippen molar-refractivity contribution in [1.29, 1.82) is 0 Å². The zero-order valence-corrected chi connectivity index (χ0v) is 19.2. The first-order valence-corrected chi connectivity index (χ1v) is 11.3. The summed E-state index contributed by atoms with van der Waals surface area (Å²) in [6.45, 7) is 2.27. The summed E-state index contributed by atoms with van der Waals surface area (Å²) in [7, 11) is 4.73. The van der Waals surface area contributed by atoms with Gasteiger partial charge in [0.1, 0.15) is 0 Å². The summed E-state index contributed by atoms with van der Waals surface area (Å²) in [5.41, 5.74) is 0.747. The molecule has 2 fully saturated rings. The van der Waals surface area contributed by atoms with Crippen LogP contribution in [0.25, 0.3) is 0 Å². The summed E-state index contributed by atoms with van der Waals surface area (Å²) >= 11 is 0. The minimum absolute atomic E-state index is 0.223. The van der Waals surface area contributed by atoms with Gasteiger partial charge in [-0.25, -0.2) is 4.98 Å². The third kappa shape index (κ3) is 4.91. The van der Waals surface area contributed by atoms with E-state index in [1.807, 2.05) is 6.07 Å². The topological polar surface area (TPSA) is 86.2 Å². The highest BCUT2D eigenvalue weighted by Gasteiger charge is 2.37. The lowest BCUT2D eigenvalue weighted by Crippen LogP contribution is -2.42. The van der Waals surface area contributed by atoms with Crippen molar-refractivity contribution in [3.8, 4) is 23.4 Å². The minimum Gasteiger partial charge on any atom is -0.493 e. The van der Waals surface area contributed by atoms with Crippen LogP contribution in [0.5, 0.6) is 23.4 Å². The molecule has 8 heteroatoms. The van der Waals surface area contributed by atoms with Gasteiger partial charge in [-0.3, -0.25) is 4.90 Å². The summed E-state index contributed by atoms with van der Waals surface area (Å²) < 4.78 is 22.2. The quantitative estimate of drug-likeness (QED) is 0.665. The number of aromatic nitrogens is 2. The van der Waals surface area contributed by atoms with Crippen LogP contribution < -0.4 is 18.9 Å². The molecule has 2 aliphatic rings. The van der Waals surface area contributed by atoms with Crippen LogP contribution in [-0.4, -0.2) is 60.5 Å². The van der Waals surface area contributed by atoms with Crippen molar-refractivity contribution >= 4 is 0 Å². The third-order valence-corrected chi connectivity index (χ3v) is 6.52. The van der Waals surface area contributed by atoms with E-state index in [1.54, 1.807) is 13.3 Å². The predicted molar refractivity (Wildman–Crippen MR) is 119 cm³/mol. The van der Waals surface area contributed by atoms with Crippen LogP contribution in [0.2, 0.25) is 0 Å². The second-order valence-electron chi connectivity index (χ2n) is 8.60. The van der Waals surface area contributed by atoms with Crippen LogP contribution in [0.15, 0.2) is 24.4 Å². The highest BCUT2D eigenvalue weighted by atomic mass is 16.5. The number of benzene rings is 1. The van der Waals surface area contributed by atoms with Gasteiger partial charge in [0.15, 0.2) is 11.5 Å². The molecule has 1 N–H and O–H groups in total. The minimum atomic E-state index is -1.02. The van der Waals surface area contributed by atoms with E-state index in [-0.39, 0.29) is 6.01 Å². The monoisotopic (exact) mass is 443 g/mol. The Morgan fingerprint density at radius 2 is 1.78 bits per heavy atom. The SMILES string of the molecule is COc1ncc(C2(O)CCN(Cc3ccc(OC4CCCC4)c(OC)c3)CC2)c(OC)n1. The number of hydrogen-bond acceptors (Lipinski definition) is 8. The van der Waals surface area contributed by atoms with Crippen molar-refractivity contribution in [2.24, 2.45) is 0 Å². The molecule has 0 radical (unpaired) electrons. The van der Waals surface area contributed by atoms with E-state index >= 15 is 0 Å². The molecular weight excluding hydrogens is 410 g/mol. The zero-order chi connectivity index (χ0) is 22.6. The second-order valence-corrected chi connectivity index (χ2v) is 8.60. The van der Waals surface area contributed by atoms with E-state index in [2.05, 4.69) is 27.0 Å². The van der Waals surface area contributed by atoms with Crippen molar-refractivity contribution < 1.29 is 24.1 Å². The molecule has 4 rings (SSSR count). The fraction of sp³-hybridized carbons (Fsp3) is 0.583. The molecule has 1 saturated heterocycles. The highest BCUT2D eigenvalue weighted by Crippen LogP contribution is 2.38. The first-order chi connectivity index (χ1) is 15.5. The molecule has 1 saturated carbocycles. The second kappa shape index (κ2) is 9.92. The van der Waals surface area contributed by atoms with Crippen LogP contribution >= 0.6 is 0 Å². The molecule has 8 nitrogen and oxygen atoms in total. The predicted octanol–water partition coefficient (Wildman–Crippen LogP) is 3.31. The molecule has 1 aliphatic heterocycles. The molecule has 1 aromatic heterocycles. The molecule has 2 heterocycles. The fourth-order valence-corrected chi connectivity index (χ4v) is 4.63. The van der Waals surface area contributed by atoms with Crippen molar-refractivity contribution in [3.05, 3.63) is 35.5 Å². The van der Waals surface area contributed by atoms with E-state index in [4.69, 9.17) is 18.9 Å². The van der Waals surface area contributed by atoms with Crippen LogP contribution in [0.4, 0.5) is 0 Å². The van der Waals surface area contributed by atoms with Gasteiger partial charge in [0, 0.05) is 25.8 Å². The van der Waals surface area contributed by atoms with Crippen molar-refractivity contribution in [2.45, 2.75) is 56.8 Å². The Hall–Kier alpha value is -2.58. The van der Waals surface area contributed by atoms with Gasteiger partial charge in [-0.1, -0.05) is 6.07 Å². The Bertz CT molecular complexity index is 909. The van der Waals surface area contributed by atoms with Crippen LogP contribution in [0.1, 0.15) is 49.7 Å². The summed E-state index contributed by atoms with van der Waals surface area (Å²) in [4.78, 5) is 10.7. The molecular formula is C24H33N3O5. The van der Waals surface area contributed by atoms with E-state index in [1.165, 1.54) is 27.1 Å². The van der Waals surface area contributed by atoms with Crippen LogP contribution in [0.3, 0.4) is 0 Å². The highest BCUT2D eigenvalue weighted by molar-refractivity contribution is 5.43. The average molecular weight is 444 g/mol. The van der Waals surface area contributed by atoms with Crippen LogP contribution in [-0.2, 0) is 12.1 Å². The third-order valence-electron chi connectivity index (χ3n) is 6.52. The Labute approximate surface area is 189 Å². The Morgan fingerprint density at radius 1 is 1.03 bits per heavy atom. The summed E-state index contributed by atoms with van der Waals surface area (Å²) in [6.07, 6.45) is 7.75. The van der Waals surface area contributed by atoms with Crippen molar-refractivity contribution in [2.75, 3.05) is 34.4 Å². The normalized spacial score (nSPS) is 19.0. The number of piperidine rings is 1. The van der Waals surface area contributed by atoms with Gasteiger partial charge < -0.3 is 24.1 Å². The smallest absolute Gasteiger partial charge is 0.319 e. The average Bonchev–Trinajstić information content (AvgIpc) is 3.34. The molecule has 174 valence electrons. The van der Waals surface area contributed by atoms with Gasteiger partial charge in [-0.05, 0) is 56.2 Å². The van der Waals surface area contributed by atoms with E-state index in [0.717, 1.165) is 49.5 Å². The summed E-state index contributed by atoms with van der Waals surface area (Å²) in [5, 5.41) is 11.3. The first-order valence-electron chi connectivity index (χ1n) is 11.3. The molecule has 1 aromatic carbocycles. The van der Waals surface area contributed by atoms with E-state index < -0.39 is 5.60 Å². The molecule has 2 aromatic rings. The summed E-state index contributed by atoms with van der Waals surface area (Å²) in [6, 6.07) is 6.41. The molecule has 0 spiro atoms. The maximum atomic E-state index is 11.3.